The molecular weight excluding hydrogens is 258 g/mol. The number of alkyl halides is 1. The molecule has 2 rings (SSSR count). The van der Waals surface area contributed by atoms with Gasteiger partial charge < -0.3 is 4.57 Å². The second-order valence-corrected chi connectivity index (χ2v) is 6.14. The first-order chi connectivity index (χ1) is 8.92. The van der Waals surface area contributed by atoms with Gasteiger partial charge in [-0.3, -0.25) is 0 Å². The fourth-order valence-electron chi connectivity index (χ4n) is 2.45. The van der Waals surface area contributed by atoms with Crippen molar-refractivity contribution in [3.63, 3.8) is 0 Å². The van der Waals surface area contributed by atoms with E-state index in [9.17, 15) is 0 Å². The highest BCUT2D eigenvalue weighted by Gasteiger charge is 2.29. The van der Waals surface area contributed by atoms with E-state index in [0.717, 1.165) is 35.4 Å². The second kappa shape index (κ2) is 5.12. The molecule has 104 valence electrons. The van der Waals surface area contributed by atoms with Gasteiger partial charge in [0.05, 0.1) is 5.38 Å². The molecule has 0 N–H and O–H groups in total. The zero-order chi connectivity index (χ0) is 14.2. The molecule has 2 aromatic heterocycles. The highest BCUT2D eigenvalue weighted by molar-refractivity contribution is 6.20. The number of rotatable bonds is 4. The van der Waals surface area contributed by atoms with Gasteiger partial charge in [0, 0.05) is 11.7 Å². The summed E-state index contributed by atoms with van der Waals surface area (Å²) in [5, 5.41) is -0.119. The number of hydrogen-bond donors (Lipinski definition) is 0. The Morgan fingerprint density at radius 3 is 2.53 bits per heavy atom. The molecule has 0 bridgehead atoms. The minimum absolute atomic E-state index is 0.00942. The summed E-state index contributed by atoms with van der Waals surface area (Å²) < 4.78 is 2.24. The Hall–Kier alpha value is -1.09. The van der Waals surface area contributed by atoms with Crippen molar-refractivity contribution >= 4 is 22.8 Å². The predicted octanol–water partition coefficient (Wildman–Crippen LogP) is 4.57. The maximum atomic E-state index is 6.33. The van der Waals surface area contributed by atoms with E-state index in [0.29, 0.717) is 0 Å². The van der Waals surface area contributed by atoms with Crippen LogP contribution in [0.15, 0.2) is 12.3 Å². The van der Waals surface area contributed by atoms with E-state index in [1.807, 2.05) is 20.0 Å². The molecule has 3 nitrogen and oxygen atoms in total. The van der Waals surface area contributed by atoms with Crippen molar-refractivity contribution in [2.24, 2.45) is 0 Å². The van der Waals surface area contributed by atoms with E-state index < -0.39 is 0 Å². The number of aromatic nitrogens is 3. The molecule has 0 amide bonds. The van der Waals surface area contributed by atoms with E-state index in [1.165, 1.54) is 0 Å². The first-order valence-electron chi connectivity index (χ1n) is 6.92. The molecule has 0 saturated heterocycles. The summed E-state index contributed by atoms with van der Waals surface area (Å²) in [6.45, 7) is 10.7. The molecule has 0 aliphatic carbocycles. The van der Waals surface area contributed by atoms with E-state index >= 15 is 0 Å². The fourth-order valence-corrected chi connectivity index (χ4v) is 2.59. The lowest BCUT2D eigenvalue weighted by Crippen LogP contribution is -2.30. The van der Waals surface area contributed by atoms with Crippen molar-refractivity contribution < 1.29 is 0 Å². The number of aryl methyl sites for hydroxylation is 1. The average Bonchev–Trinajstić information content (AvgIpc) is 2.77. The second-order valence-electron chi connectivity index (χ2n) is 5.48. The Morgan fingerprint density at radius 1 is 1.37 bits per heavy atom. The van der Waals surface area contributed by atoms with Crippen LogP contribution in [0.3, 0.4) is 0 Å². The number of imidazole rings is 1. The van der Waals surface area contributed by atoms with Crippen LogP contribution in [0.2, 0.25) is 0 Å². The van der Waals surface area contributed by atoms with Gasteiger partial charge in [-0.1, -0.05) is 13.8 Å². The summed E-state index contributed by atoms with van der Waals surface area (Å²) in [6.07, 6.45) is 3.96. The zero-order valence-electron chi connectivity index (χ0n) is 12.4. The van der Waals surface area contributed by atoms with Gasteiger partial charge in [0.2, 0.25) is 0 Å². The maximum absolute atomic E-state index is 6.33. The highest BCUT2D eigenvalue weighted by atomic mass is 35.5. The molecule has 4 heteroatoms. The van der Waals surface area contributed by atoms with Crippen molar-refractivity contribution in [1.82, 2.24) is 14.5 Å². The Morgan fingerprint density at radius 2 is 2.00 bits per heavy atom. The predicted molar refractivity (Wildman–Crippen MR) is 80.8 cm³/mol. The lowest BCUT2D eigenvalue weighted by molar-refractivity contribution is 0.292. The highest BCUT2D eigenvalue weighted by Crippen LogP contribution is 2.34. The third kappa shape index (κ3) is 2.36. The van der Waals surface area contributed by atoms with Crippen molar-refractivity contribution in [3.8, 4) is 0 Å². The molecule has 2 aromatic rings. The van der Waals surface area contributed by atoms with Gasteiger partial charge in [0.1, 0.15) is 11.3 Å². The van der Waals surface area contributed by atoms with Crippen LogP contribution in [0.4, 0.5) is 0 Å². The Labute approximate surface area is 120 Å². The molecule has 1 atom stereocenters. The van der Waals surface area contributed by atoms with Gasteiger partial charge in [-0.05, 0) is 45.2 Å². The number of nitrogens with zero attached hydrogens (tertiary/aromatic N) is 3. The Kier molecular flexibility index (Phi) is 3.86. The molecule has 0 spiro atoms. The summed E-state index contributed by atoms with van der Waals surface area (Å²) in [5.74, 6) is 0.918. The Balaban J connectivity index is 2.79. The van der Waals surface area contributed by atoms with Gasteiger partial charge in [0.15, 0.2) is 5.65 Å². The zero-order valence-corrected chi connectivity index (χ0v) is 13.1. The normalized spacial score (nSPS) is 14.0. The molecule has 0 radical (unpaired) electrons. The standard InChI is InChI=1S/C15H22ClN3/c1-6-15(5,7-2)19-13(11(4)16)18-12-8-10(3)9-17-14(12)19/h8-9,11H,6-7H2,1-5H3. The number of fused-ring (bicyclic) bond motifs is 1. The Bertz CT molecular complexity index is 582. The van der Waals surface area contributed by atoms with Crippen LogP contribution in [0, 0.1) is 6.92 Å². The van der Waals surface area contributed by atoms with Crippen molar-refractivity contribution in [2.75, 3.05) is 0 Å². The minimum Gasteiger partial charge on any atom is -0.306 e. The molecule has 19 heavy (non-hydrogen) atoms. The smallest absolute Gasteiger partial charge is 0.160 e. The van der Waals surface area contributed by atoms with Crippen LogP contribution >= 0.6 is 11.6 Å². The van der Waals surface area contributed by atoms with Gasteiger partial charge in [-0.15, -0.1) is 11.6 Å². The number of halogens is 1. The topological polar surface area (TPSA) is 30.7 Å². The monoisotopic (exact) mass is 279 g/mol. The molecule has 2 heterocycles. The van der Waals surface area contributed by atoms with E-state index in [-0.39, 0.29) is 10.9 Å². The van der Waals surface area contributed by atoms with Crippen LogP contribution < -0.4 is 0 Å². The van der Waals surface area contributed by atoms with Gasteiger partial charge >= 0.3 is 0 Å². The van der Waals surface area contributed by atoms with E-state index in [2.05, 4.69) is 36.4 Å². The van der Waals surface area contributed by atoms with Crippen LogP contribution in [0.1, 0.15) is 57.3 Å². The average molecular weight is 280 g/mol. The first-order valence-corrected chi connectivity index (χ1v) is 7.36. The molecule has 1 unspecified atom stereocenters. The lowest BCUT2D eigenvalue weighted by Gasteiger charge is -2.31. The summed E-state index contributed by atoms with van der Waals surface area (Å²) in [6, 6.07) is 2.08. The molecule has 0 aliphatic rings. The summed E-state index contributed by atoms with van der Waals surface area (Å²) in [4.78, 5) is 9.29. The van der Waals surface area contributed by atoms with Crippen molar-refractivity contribution in [1.29, 1.82) is 0 Å². The number of pyridine rings is 1. The molecule has 0 aromatic carbocycles. The van der Waals surface area contributed by atoms with Gasteiger partial charge in [-0.25, -0.2) is 9.97 Å². The summed E-state index contributed by atoms with van der Waals surface area (Å²) in [7, 11) is 0. The van der Waals surface area contributed by atoms with Gasteiger partial charge in [0.25, 0.3) is 0 Å². The third-order valence-electron chi connectivity index (χ3n) is 4.08. The first kappa shape index (κ1) is 14.3. The SMILES string of the molecule is CCC(C)(CC)n1c(C(C)Cl)nc2cc(C)cnc21. The van der Waals surface area contributed by atoms with Crippen LogP contribution in [-0.2, 0) is 5.54 Å². The van der Waals surface area contributed by atoms with Crippen LogP contribution in [0.5, 0.6) is 0 Å². The lowest BCUT2D eigenvalue weighted by atomic mass is 9.94. The van der Waals surface area contributed by atoms with Gasteiger partial charge in [-0.2, -0.15) is 0 Å². The van der Waals surface area contributed by atoms with E-state index in [4.69, 9.17) is 16.6 Å². The minimum atomic E-state index is -0.119. The van der Waals surface area contributed by atoms with Crippen molar-refractivity contribution in [3.05, 3.63) is 23.7 Å². The number of hydrogen-bond acceptors (Lipinski definition) is 2. The van der Waals surface area contributed by atoms with Crippen LogP contribution in [0.25, 0.3) is 11.2 Å². The molecule has 0 aliphatic heterocycles. The third-order valence-corrected chi connectivity index (χ3v) is 4.27. The largest absolute Gasteiger partial charge is 0.306 e. The fraction of sp³-hybridized carbons (Fsp3) is 0.600. The molecular formula is C15H22ClN3. The summed E-state index contributed by atoms with van der Waals surface area (Å²) >= 11 is 6.33. The van der Waals surface area contributed by atoms with Crippen molar-refractivity contribution in [2.45, 2.75) is 58.4 Å². The van der Waals surface area contributed by atoms with E-state index in [1.54, 1.807) is 0 Å². The maximum Gasteiger partial charge on any atom is 0.160 e. The quantitative estimate of drug-likeness (QED) is 0.767. The summed E-state index contributed by atoms with van der Waals surface area (Å²) in [5.41, 5.74) is 3.02. The molecule has 0 fully saturated rings. The molecule has 0 saturated carbocycles. The van der Waals surface area contributed by atoms with Crippen LogP contribution in [-0.4, -0.2) is 14.5 Å².